The lowest BCUT2D eigenvalue weighted by Crippen LogP contribution is -2.19. The Labute approximate surface area is 119 Å². The topological polar surface area (TPSA) is 45.0 Å². The Morgan fingerprint density at radius 3 is 2.60 bits per heavy atom. The molecule has 1 atom stereocenters. The van der Waals surface area contributed by atoms with Crippen molar-refractivity contribution < 1.29 is 4.74 Å². The number of benzene rings is 2. The maximum Gasteiger partial charge on any atom is 0.127 e. The fourth-order valence-corrected chi connectivity index (χ4v) is 1.82. The average Bonchev–Trinajstić information content (AvgIpc) is 2.48. The van der Waals surface area contributed by atoms with Crippen molar-refractivity contribution in [2.24, 2.45) is 5.92 Å². The molecule has 3 heteroatoms. The van der Waals surface area contributed by atoms with Gasteiger partial charge in [-0.05, 0) is 36.8 Å². The summed E-state index contributed by atoms with van der Waals surface area (Å²) >= 11 is 0. The van der Waals surface area contributed by atoms with Gasteiger partial charge in [0, 0.05) is 13.1 Å². The first kappa shape index (κ1) is 14.1. The first-order chi connectivity index (χ1) is 9.78. The maximum atomic E-state index is 8.73. The van der Waals surface area contributed by atoms with E-state index in [0.717, 1.165) is 23.6 Å². The molecule has 102 valence electrons. The zero-order valence-electron chi connectivity index (χ0n) is 11.5. The van der Waals surface area contributed by atoms with Gasteiger partial charge in [0.2, 0.25) is 0 Å². The summed E-state index contributed by atoms with van der Waals surface area (Å²) in [6.45, 7) is 3.33. The standard InChI is InChI=1S/C17H18N2O/c1-14(11-18)12-19-13-15-6-5-9-17(10-15)20-16-7-3-2-4-8-16/h2-10,14,19H,12-13H2,1H3. The smallest absolute Gasteiger partial charge is 0.127 e. The monoisotopic (exact) mass is 266 g/mol. The molecule has 1 N–H and O–H groups in total. The molecular formula is C17H18N2O. The van der Waals surface area contributed by atoms with E-state index >= 15 is 0 Å². The van der Waals surface area contributed by atoms with Crippen molar-refractivity contribution >= 4 is 0 Å². The third-order valence-corrected chi connectivity index (χ3v) is 2.88. The van der Waals surface area contributed by atoms with Crippen LogP contribution < -0.4 is 10.1 Å². The van der Waals surface area contributed by atoms with Crippen molar-refractivity contribution in [3.63, 3.8) is 0 Å². The summed E-state index contributed by atoms with van der Waals surface area (Å²) in [5, 5.41) is 12.0. The summed E-state index contributed by atoms with van der Waals surface area (Å²) in [5.74, 6) is 1.68. The van der Waals surface area contributed by atoms with Gasteiger partial charge in [0.05, 0.1) is 12.0 Å². The van der Waals surface area contributed by atoms with Gasteiger partial charge >= 0.3 is 0 Å². The van der Waals surface area contributed by atoms with Crippen LogP contribution in [-0.4, -0.2) is 6.54 Å². The number of nitrogens with zero attached hydrogens (tertiary/aromatic N) is 1. The molecule has 2 aromatic carbocycles. The number of nitrogens with one attached hydrogen (secondary N) is 1. The van der Waals surface area contributed by atoms with E-state index in [0.29, 0.717) is 6.54 Å². The second-order valence-electron chi connectivity index (χ2n) is 4.72. The van der Waals surface area contributed by atoms with Gasteiger partial charge in [-0.2, -0.15) is 5.26 Å². The SMILES string of the molecule is CC(C#N)CNCc1cccc(Oc2ccccc2)c1. The third-order valence-electron chi connectivity index (χ3n) is 2.88. The molecule has 2 rings (SSSR count). The predicted molar refractivity (Wildman–Crippen MR) is 79.4 cm³/mol. The normalized spacial score (nSPS) is 11.6. The first-order valence-corrected chi connectivity index (χ1v) is 6.70. The molecule has 0 saturated carbocycles. The summed E-state index contributed by atoms with van der Waals surface area (Å²) < 4.78 is 5.79. The lowest BCUT2D eigenvalue weighted by molar-refractivity contribution is 0.481. The van der Waals surface area contributed by atoms with Crippen LogP contribution in [0.1, 0.15) is 12.5 Å². The summed E-state index contributed by atoms with van der Waals surface area (Å²) in [6.07, 6.45) is 0. The van der Waals surface area contributed by atoms with Crippen LogP contribution in [0.15, 0.2) is 54.6 Å². The lowest BCUT2D eigenvalue weighted by Gasteiger charge is -2.09. The minimum Gasteiger partial charge on any atom is -0.457 e. The minimum atomic E-state index is 0.0266. The summed E-state index contributed by atoms with van der Waals surface area (Å²) in [6, 6.07) is 19.9. The quantitative estimate of drug-likeness (QED) is 0.866. The van der Waals surface area contributed by atoms with Crippen LogP contribution in [0.2, 0.25) is 0 Å². The number of hydrogen-bond acceptors (Lipinski definition) is 3. The molecule has 0 aliphatic carbocycles. The Morgan fingerprint density at radius 2 is 1.85 bits per heavy atom. The van der Waals surface area contributed by atoms with Crippen LogP contribution in [0, 0.1) is 17.2 Å². The average molecular weight is 266 g/mol. The molecule has 0 heterocycles. The number of para-hydroxylation sites is 1. The Balaban J connectivity index is 1.93. The van der Waals surface area contributed by atoms with E-state index in [-0.39, 0.29) is 5.92 Å². The van der Waals surface area contributed by atoms with Gasteiger partial charge in [-0.25, -0.2) is 0 Å². The van der Waals surface area contributed by atoms with Gasteiger partial charge in [0.1, 0.15) is 11.5 Å². The fraction of sp³-hybridized carbons (Fsp3) is 0.235. The predicted octanol–water partition coefficient (Wildman–Crippen LogP) is 3.73. The van der Waals surface area contributed by atoms with Gasteiger partial charge in [0.15, 0.2) is 0 Å². The Hall–Kier alpha value is -2.31. The molecule has 0 bridgehead atoms. The first-order valence-electron chi connectivity index (χ1n) is 6.70. The van der Waals surface area contributed by atoms with Crippen LogP contribution in [0.4, 0.5) is 0 Å². The number of nitriles is 1. The summed E-state index contributed by atoms with van der Waals surface area (Å²) in [4.78, 5) is 0. The molecule has 0 aromatic heterocycles. The molecule has 0 fully saturated rings. The van der Waals surface area contributed by atoms with Crippen LogP contribution in [0.25, 0.3) is 0 Å². The van der Waals surface area contributed by atoms with Crippen molar-refractivity contribution in [2.75, 3.05) is 6.54 Å². The van der Waals surface area contributed by atoms with Crippen molar-refractivity contribution in [3.8, 4) is 17.6 Å². The highest BCUT2D eigenvalue weighted by molar-refractivity contribution is 5.33. The highest BCUT2D eigenvalue weighted by atomic mass is 16.5. The van der Waals surface area contributed by atoms with Crippen LogP contribution in [-0.2, 0) is 6.54 Å². The number of rotatable bonds is 6. The Bertz CT molecular complexity index is 575. The van der Waals surface area contributed by atoms with E-state index in [4.69, 9.17) is 10.00 Å². The largest absolute Gasteiger partial charge is 0.457 e. The molecule has 0 radical (unpaired) electrons. The molecule has 3 nitrogen and oxygen atoms in total. The number of ether oxygens (including phenoxy) is 1. The highest BCUT2D eigenvalue weighted by Crippen LogP contribution is 2.21. The van der Waals surface area contributed by atoms with Gasteiger partial charge in [-0.1, -0.05) is 30.3 Å². The van der Waals surface area contributed by atoms with Crippen molar-refractivity contribution in [2.45, 2.75) is 13.5 Å². The Kier molecular flexibility index (Phi) is 5.16. The molecular weight excluding hydrogens is 248 g/mol. The Morgan fingerprint density at radius 1 is 1.10 bits per heavy atom. The molecule has 0 amide bonds. The zero-order chi connectivity index (χ0) is 14.2. The van der Waals surface area contributed by atoms with Gasteiger partial charge in [-0.3, -0.25) is 0 Å². The second kappa shape index (κ2) is 7.32. The molecule has 0 aliphatic rings. The van der Waals surface area contributed by atoms with Gasteiger partial charge < -0.3 is 10.1 Å². The van der Waals surface area contributed by atoms with Gasteiger partial charge in [-0.15, -0.1) is 0 Å². The maximum absolute atomic E-state index is 8.73. The molecule has 2 aromatic rings. The van der Waals surface area contributed by atoms with Crippen LogP contribution >= 0.6 is 0 Å². The van der Waals surface area contributed by atoms with E-state index in [1.54, 1.807) is 0 Å². The molecule has 1 unspecified atom stereocenters. The van der Waals surface area contributed by atoms with E-state index in [1.165, 1.54) is 0 Å². The molecule has 0 aliphatic heterocycles. The van der Waals surface area contributed by atoms with E-state index in [1.807, 2.05) is 61.5 Å². The zero-order valence-corrected chi connectivity index (χ0v) is 11.5. The number of hydrogen-bond donors (Lipinski definition) is 1. The van der Waals surface area contributed by atoms with Crippen molar-refractivity contribution in [3.05, 3.63) is 60.2 Å². The second-order valence-corrected chi connectivity index (χ2v) is 4.72. The lowest BCUT2D eigenvalue weighted by atomic mass is 10.2. The van der Waals surface area contributed by atoms with Gasteiger partial charge in [0.25, 0.3) is 0 Å². The minimum absolute atomic E-state index is 0.0266. The van der Waals surface area contributed by atoms with E-state index in [2.05, 4.69) is 11.4 Å². The fourth-order valence-electron chi connectivity index (χ4n) is 1.82. The van der Waals surface area contributed by atoms with Crippen LogP contribution in [0.5, 0.6) is 11.5 Å². The molecule has 0 saturated heterocycles. The van der Waals surface area contributed by atoms with Crippen LogP contribution in [0.3, 0.4) is 0 Å². The summed E-state index contributed by atoms with van der Waals surface area (Å²) in [7, 11) is 0. The van der Waals surface area contributed by atoms with E-state index < -0.39 is 0 Å². The highest BCUT2D eigenvalue weighted by Gasteiger charge is 2.01. The molecule has 0 spiro atoms. The van der Waals surface area contributed by atoms with E-state index in [9.17, 15) is 0 Å². The summed E-state index contributed by atoms with van der Waals surface area (Å²) in [5.41, 5.74) is 1.14. The molecule has 20 heavy (non-hydrogen) atoms. The van der Waals surface area contributed by atoms with Crippen molar-refractivity contribution in [1.82, 2.24) is 5.32 Å². The van der Waals surface area contributed by atoms with Crippen molar-refractivity contribution in [1.29, 1.82) is 5.26 Å². The third kappa shape index (κ3) is 4.42.